The van der Waals surface area contributed by atoms with Crippen molar-refractivity contribution in [1.29, 1.82) is 0 Å². The Morgan fingerprint density at radius 1 is 1.31 bits per heavy atom. The van der Waals surface area contributed by atoms with Crippen molar-refractivity contribution in [3.05, 3.63) is 23.8 Å². The molecule has 0 radical (unpaired) electrons. The van der Waals surface area contributed by atoms with E-state index in [1.54, 1.807) is 7.11 Å². The average molecular weight is 221 g/mol. The summed E-state index contributed by atoms with van der Waals surface area (Å²) >= 11 is 0. The third kappa shape index (κ3) is 2.89. The third-order valence-electron chi connectivity index (χ3n) is 2.71. The summed E-state index contributed by atoms with van der Waals surface area (Å²) in [6.45, 7) is 0.981. The van der Waals surface area contributed by atoms with E-state index in [1.165, 1.54) is 18.4 Å². The number of likely N-dealkylation sites (N-methyl/N-ethyl adjacent to an activating group) is 1. The van der Waals surface area contributed by atoms with Gasteiger partial charge in [0, 0.05) is 0 Å². The standard InChI is InChI=1S/C13H19NO2/c1-14-8-7-10-3-6-12(15-2)13(9-10)16-11-4-5-11/h3,6,9,11,14H,4-5,7-8H2,1-2H3. The second-order valence-corrected chi connectivity index (χ2v) is 4.16. The number of benzene rings is 1. The Morgan fingerprint density at radius 3 is 2.75 bits per heavy atom. The molecule has 1 N–H and O–H groups in total. The van der Waals surface area contributed by atoms with Crippen LogP contribution in [0.4, 0.5) is 0 Å². The fraction of sp³-hybridized carbons (Fsp3) is 0.538. The first-order chi connectivity index (χ1) is 7.83. The highest BCUT2D eigenvalue weighted by Crippen LogP contribution is 2.34. The highest BCUT2D eigenvalue weighted by Gasteiger charge is 2.24. The molecule has 1 aromatic rings. The van der Waals surface area contributed by atoms with Gasteiger partial charge in [-0.1, -0.05) is 6.07 Å². The quantitative estimate of drug-likeness (QED) is 0.797. The smallest absolute Gasteiger partial charge is 0.161 e. The molecule has 3 nitrogen and oxygen atoms in total. The fourth-order valence-corrected chi connectivity index (χ4v) is 1.60. The van der Waals surface area contributed by atoms with Crippen LogP contribution in [0.3, 0.4) is 0 Å². The summed E-state index contributed by atoms with van der Waals surface area (Å²) in [5.74, 6) is 1.72. The molecule has 0 heterocycles. The summed E-state index contributed by atoms with van der Waals surface area (Å²) in [6.07, 6.45) is 3.77. The molecule has 1 saturated carbocycles. The van der Waals surface area contributed by atoms with Crippen molar-refractivity contribution >= 4 is 0 Å². The molecule has 88 valence electrons. The van der Waals surface area contributed by atoms with E-state index in [0.717, 1.165) is 24.5 Å². The molecule has 0 unspecified atom stereocenters. The van der Waals surface area contributed by atoms with Crippen LogP contribution in [0.2, 0.25) is 0 Å². The number of hydrogen-bond donors (Lipinski definition) is 1. The molecule has 0 spiro atoms. The topological polar surface area (TPSA) is 30.5 Å². The summed E-state index contributed by atoms with van der Waals surface area (Å²) < 4.78 is 11.1. The fourth-order valence-electron chi connectivity index (χ4n) is 1.60. The highest BCUT2D eigenvalue weighted by molar-refractivity contribution is 5.43. The van der Waals surface area contributed by atoms with E-state index in [1.807, 2.05) is 13.1 Å². The number of rotatable bonds is 6. The summed E-state index contributed by atoms with van der Waals surface area (Å²) in [5.41, 5.74) is 1.28. The van der Waals surface area contributed by atoms with Gasteiger partial charge in [-0.25, -0.2) is 0 Å². The van der Waals surface area contributed by atoms with E-state index >= 15 is 0 Å². The van der Waals surface area contributed by atoms with Gasteiger partial charge in [-0.05, 0) is 50.6 Å². The minimum Gasteiger partial charge on any atom is -0.493 e. The van der Waals surface area contributed by atoms with Gasteiger partial charge in [-0.3, -0.25) is 0 Å². The van der Waals surface area contributed by atoms with Crippen LogP contribution in [0.1, 0.15) is 18.4 Å². The molecule has 0 saturated heterocycles. The zero-order valence-corrected chi connectivity index (χ0v) is 9.95. The van der Waals surface area contributed by atoms with E-state index in [-0.39, 0.29) is 0 Å². The van der Waals surface area contributed by atoms with Crippen LogP contribution < -0.4 is 14.8 Å². The lowest BCUT2D eigenvalue weighted by Crippen LogP contribution is -2.10. The number of methoxy groups -OCH3 is 1. The maximum atomic E-state index is 5.82. The molecule has 0 bridgehead atoms. The zero-order valence-electron chi connectivity index (χ0n) is 9.95. The van der Waals surface area contributed by atoms with Crippen molar-refractivity contribution in [1.82, 2.24) is 5.32 Å². The SMILES string of the molecule is CNCCc1ccc(OC)c(OC2CC2)c1. The van der Waals surface area contributed by atoms with E-state index < -0.39 is 0 Å². The van der Waals surface area contributed by atoms with Crippen LogP contribution in [-0.2, 0) is 6.42 Å². The molecule has 1 aliphatic rings. The Hall–Kier alpha value is -1.22. The van der Waals surface area contributed by atoms with Gasteiger partial charge in [0.15, 0.2) is 11.5 Å². The van der Waals surface area contributed by atoms with Crippen molar-refractivity contribution in [3.63, 3.8) is 0 Å². The summed E-state index contributed by atoms with van der Waals surface area (Å²) in [5, 5.41) is 3.15. The monoisotopic (exact) mass is 221 g/mol. The lowest BCUT2D eigenvalue weighted by Gasteiger charge is -2.11. The van der Waals surface area contributed by atoms with Crippen molar-refractivity contribution in [2.24, 2.45) is 0 Å². The second kappa shape index (κ2) is 5.21. The molecule has 1 aliphatic carbocycles. The van der Waals surface area contributed by atoms with Crippen LogP contribution in [0.25, 0.3) is 0 Å². The normalized spacial score (nSPS) is 14.9. The molecule has 0 amide bonds. The first-order valence-electron chi connectivity index (χ1n) is 5.81. The molecule has 1 aromatic carbocycles. The molecule has 3 heteroatoms. The summed E-state index contributed by atoms with van der Waals surface area (Å²) in [6, 6.07) is 6.17. The Morgan fingerprint density at radius 2 is 2.12 bits per heavy atom. The molecule has 1 fully saturated rings. The average Bonchev–Trinajstić information content (AvgIpc) is 3.10. The number of nitrogens with one attached hydrogen (secondary N) is 1. The van der Waals surface area contributed by atoms with E-state index in [4.69, 9.17) is 9.47 Å². The van der Waals surface area contributed by atoms with Crippen LogP contribution >= 0.6 is 0 Å². The Labute approximate surface area is 96.8 Å². The van der Waals surface area contributed by atoms with Gasteiger partial charge in [0.1, 0.15) is 0 Å². The minimum absolute atomic E-state index is 0.411. The third-order valence-corrected chi connectivity index (χ3v) is 2.71. The molecular weight excluding hydrogens is 202 g/mol. The molecule has 2 rings (SSSR count). The predicted octanol–water partition coefficient (Wildman–Crippen LogP) is 2.00. The Balaban J connectivity index is 2.09. The second-order valence-electron chi connectivity index (χ2n) is 4.16. The largest absolute Gasteiger partial charge is 0.493 e. The molecule has 0 aromatic heterocycles. The summed E-state index contributed by atoms with van der Waals surface area (Å²) in [4.78, 5) is 0. The van der Waals surface area contributed by atoms with Crippen molar-refractivity contribution < 1.29 is 9.47 Å². The van der Waals surface area contributed by atoms with E-state index in [0.29, 0.717) is 6.10 Å². The molecule has 16 heavy (non-hydrogen) atoms. The number of ether oxygens (including phenoxy) is 2. The predicted molar refractivity (Wildman–Crippen MR) is 64.3 cm³/mol. The van der Waals surface area contributed by atoms with Crippen molar-refractivity contribution in [2.75, 3.05) is 20.7 Å². The van der Waals surface area contributed by atoms with Gasteiger partial charge in [0.2, 0.25) is 0 Å². The van der Waals surface area contributed by atoms with Gasteiger partial charge in [0.05, 0.1) is 13.2 Å². The maximum absolute atomic E-state index is 5.82. The van der Waals surface area contributed by atoms with E-state index in [9.17, 15) is 0 Å². The summed E-state index contributed by atoms with van der Waals surface area (Å²) in [7, 11) is 3.65. The maximum Gasteiger partial charge on any atom is 0.161 e. The van der Waals surface area contributed by atoms with Crippen LogP contribution in [-0.4, -0.2) is 26.8 Å². The lowest BCUT2D eigenvalue weighted by atomic mass is 10.1. The minimum atomic E-state index is 0.411. The number of hydrogen-bond acceptors (Lipinski definition) is 3. The van der Waals surface area contributed by atoms with Crippen molar-refractivity contribution in [2.45, 2.75) is 25.4 Å². The molecule has 0 atom stereocenters. The Bertz CT molecular complexity index is 348. The van der Waals surface area contributed by atoms with Gasteiger partial charge >= 0.3 is 0 Å². The van der Waals surface area contributed by atoms with Crippen molar-refractivity contribution in [3.8, 4) is 11.5 Å². The zero-order chi connectivity index (χ0) is 11.4. The van der Waals surface area contributed by atoms with Gasteiger partial charge in [-0.15, -0.1) is 0 Å². The highest BCUT2D eigenvalue weighted by atomic mass is 16.5. The molecular formula is C13H19NO2. The van der Waals surface area contributed by atoms with Gasteiger partial charge in [0.25, 0.3) is 0 Å². The van der Waals surface area contributed by atoms with Crippen LogP contribution in [0, 0.1) is 0 Å². The van der Waals surface area contributed by atoms with E-state index in [2.05, 4.69) is 17.4 Å². The molecule has 0 aliphatic heterocycles. The van der Waals surface area contributed by atoms with Gasteiger partial charge < -0.3 is 14.8 Å². The van der Waals surface area contributed by atoms with Gasteiger partial charge in [-0.2, -0.15) is 0 Å². The lowest BCUT2D eigenvalue weighted by molar-refractivity contribution is 0.282. The van der Waals surface area contributed by atoms with Crippen LogP contribution in [0.15, 0.2) is 18.2 Å². The Kier molecular flexibility index (Phi) is 3.67. The first kappa shape index (κ1) is 11.3. The first-order valence-corrected chi connectivity index (χ1v) is 5.81. The van der Waals surface area contributed by atoms with Crippen LogP contribution in [0.5, 0.6) is 11.5 Å².